The number of alkyl halides is 3. The normalized spacial score (nSPS) is 16.9. The molecule has 1 saturated heterocycles. The van der Waals surface area contributed by atoms with Crippen LogP contribution in [0.3, 0.4) is 0 Å². The topological polar surface area (TPSA) is 61.8 Å². The summed E-state index contributed by atoms with van der Waals surface area (Å²) < 4.78 is 44.4. The molecule has 1 aliphatic heterocycles. The van der Waals surface area contributed by atoms with Crippen LogP contribution in [0, 0.1) is 0 Å². The van der Waals surface area contributed by atoms with Gasteiger partial charge in [0.05, 0.1) is 11.4 Å². The van der Waals surface area contributed by atoms with Crippen LogP contribution in [-0.4, -0.2) is 42.2 Å². The lowest BCUT2D eigenvalue weighted by Crippen LogP contribution is -2.34. The number of carbonyl (C=O) groups is 1. The zero-order valence-electron chi connectivity index (χ0n) is 21.4. The zero-order chi connectivity index (χ0) is 26.5. The van der Waals surface area contributed by atoms with E-state index < -0.39 is 36.3 Å². The fourth-order valence-corrected chi connectivity index (χ4v) is 4.72. The summed E-state index contributed by atoms with van der Waals surface area (Å²) in [4.78, 5) is 14.8. The summed E-state index contributed by atoms with van der Waals surface area (Å²) in [5, 5.41) is 12.5. The molecule has 0 radical (unpaired) electrons. The van der Waals surface area contributed by atoms with Crippen molar-refractivity contribution in [1.29, 1.82) is 0 Å². The number of nitrogens with one attached hydrogen (secondary N) is 1. The molecule has 0 aliphatic carbocycles. The van der Waals surface area contributed by atoms with E-state index in [0.717, 1.165) is 31.6 Å². The Kier molecular flexibility index (Phi) is 8.93. The Balaban J connectivity index is 1.84. The molecule has 1 aliphatic rings. The number of ether oxygens (including phenoxy) is 1. The first-order valence-electron chi connectivity index (χ1n) is 12.6. The molecular formula is C28H37F3N2O3. The van der Waals surface area contributed by atoms with Crippen molar-refractivity contribution in [3.63, 3.8) is 0 Å². The Hall–Kier alpha value is -2.74. The molecule has 198 valence electrons. The number of hydrogen-bond acceptors (Lipinski definition) is 4. The summed E-state index contributed by atoms with van der Waals surface area (Å²) in [6, 6.07) is 15.8. The first-order valence-corrected chi connectivity index (χ1v) is 12.6. The van der Waals surface area contributed by atoms with E-state index in [0.29, 0.717) is 23.6 Å². The van der Waals surface area contributed by atoms with Gasteiger partial charge < -0.3 is 14.7 Å². The molecule has 36 heavy (non-hydrogen) atoms. The van der Waals surface area contributed by atoms with Gasteiger partial charge in [-0.3, -0.25) is 5.32 Å². The summed E-state index contributed by atoms with van der Waals surface area (Å²) >= 11 is 0. The van der Waals surface area contributed by atoms with Gasteiger partial charge in [0.2, 0.25) is 0 Å². The van der Waals surface area contributed by atoms with E-state index in [1.807, 2.05) is 24.3 Å². The van der Waals surface area contributed by atoms with E-state index in [9.17, 15) is 23.1 Å². The first-order chi connectivity index (χ1) is 16.9. The monoisotopic (exact) mass is 506 g/mol. The molecule has 0 aromatic heterocycles. The molecule has 2 aromatic rings. The van der Waals surface area contributed by atoms with Crippen molar-refractivity contribution in [2.45, 2.75) is 83.1 Å². The van der Waals surface area contributed by atoms with Gasteiger partial charge in [0.15, 0.2) is 0 Å². The number of nitrogens with zero attached hydrogens (tertiary/aromatic N) is 1. The highest BCUT2D eigenvalue weighted by molar-refractivity contribution is 5.90. The van der Waals surface area contributed by atoms with Crippen LogP contribution in [0.25, 0.3) is 0 Å². The third kappa shape index (κ3) is 7.63. The summed E-state index contributed by atoms with van der Waals surface area (Å²) in [6.45, 7) is 8.66. The molecule has 1 fully saturated rings. The van der Waals surface area contributed by atoms with E-state index >= 15 is 0 Å². The quantitative estimate of drug-likeness (QED) is 0.416. The van der Waals surface area contributed by atoms with Crippen molar-refractivity contribution in [3.05, 3.63) is 59.7 Å². The molecule has 1 heterocycles. The lowest BCUT2D eigenvalue weighted by Gasteiger charge is -2.35. The summed E-state index contributed by atoms with van der Waals surface area (Å²) in [6.07, 6.45) is -5.81. The van der Waals surface area contributed by atoms with Gasteiger partial charge >= 0.3 is 12.3 Å². The second kappa shape index (κ2) is 11.5. The van der Waals surface area contributed by atoms with E-state index in [-0.39, 0.29) is 0 Å². The number of piperidine rings is 1. The Morgan fingerprint density at radius 1 is 1.11 bits per heavy atom. The van der Waals surface area contributed by atoms with Crippen LogP contribution in [0.1, 0.15) is 76.3 Å². The van der Waals surface area contributed by atoms with Gasteiger partial charge in [-0.1, -0.05) is 43.3 Å². The molecule has 5 nitrogen and oxygen atoms in total. The second-order valence-corrected chi connectivity index (χ2v) is 10.5. The number of aliphatic hydroxyl groups excluding tert-OH is 1. The van der Waals surface area contributed by atoms with Crippen LogP contribution in [0.15, 0.2) is 48.5 Å². The van der Waals surface area contributed by atoms with Gasteiger partial charge in [-0.15, -0.1) is 0 Å². The van der Waals surface area contributed by atoms with Gasteiger partial charge in [-0.25, -0.2) is 4.79 Å². The highest BCUT2D eigenvalue weighted by atomic mass is 19.4. The standard InChI is InChI=1S/C28H37F3N2O3/c1-5-19(18-25(34)28(29,30)31)22-11-12-24(23(17-22)32-26(35)36-27(2,3)4)33-15-13-21(14-16-33)20-9-7-6-8-10-20/h6-12,17,19,21,25,34H,5,13-16,18H2,1-4H3,(H,32,35). The molecule has 8 heteroatoms. The molecule has 2 atom stereocenters. The predicted molar refractivity (Wildman–Crippen MR) is 137 cm³/mol. The van der Waals surface area contributed by atoms with Crippen LogP contribution in [0.2, 0.25) is 0 Å². The van der Waals surface area contributed by atoms with Crippen molar-refractivity contribution in [2.75, 3.05) is 23.3 Å². The molecule has 0 bridgehead atoms. The van der Waals surface area contributed by atoms with Gasteiger partial charge in [-0.05, 0) is 81.5 Å². The van der Waals surface area contributed by atoms with Gasteiger partial charge in [0.25, 0.3) is 0 Å². The fourth-order valence-electron chi connectivity index (χ4n) is 4.72. The van der Waals surface area contributed by atoms with Gasteiger partial charge in [0, 0.05) is 13.1 Å². The number of benzene rings is 2. The molecular weight excluding hydrogens is 469 g/mol. The van der Waals surface area contributed by atoms with Crippen molar-refractivity contribution < 1.29 is 27.8 Å². The summed E-state index contributed by atoms with van der Waals surface area (Å²) in [5.74, 6) is -0.0593. The maximum atomic E-state index is 13.0. The molecule has 2 aromatic carbocycles. The molecule has 2 N–H and O–H groups in total. The highest BCUT2D eigenvalue weighted by Crippen LogP contribution is 2.38. The van der Waals surface area contributed by atoms with Crippen molar-refractivity contribution >= 4 is 17.5 Å². The highest BCUT2D eigenvalue weighted by Gasteiger charge is 2.39. The van der Waals surface area contributed by atoms with E-state index in [2.05, 4.69) is 22.3 Å². The van der Waals surface area contributed by atoms with Crippen LogP contribution in [0.4, 0.5) is 29.3 Å². The number of hydrogen-bond donors (Lipinski definition) is 2. The second-order valence-electron chi connectivity index (χ2n) is 10.5. The van der Waals surface area contributed by atoms with E-state index in [1.165, 1.54) is 5.56 Å². The van der Waals surface area contributed by atoms with Crippen molar-refractivity contribution in [2.24, 2.45) is 0 Å². The molecule has 0 spiro atoms. The molecule has 2 unspecified atom stereocenters. The summed E-state index contributed by atoms with van der Waals surface area (Å²) in [5.41, 5.74) is 2.56. The maximum Gasteiger partial charge on any atom is 0.414 e. The van der Waals surface area contributed by atoms with Crippen LogP contribution >= 0.6 is 0 Å². The minimum absolute atomic E-state index is 0.417. The Morgan fingerprint density at radius 3 is 2.31 bits per heavy atom. The van der Waals surface area contributed by atoms with Crippen molar-refractivity contribution in [3.8, 4) is 0 Å². The molecule has 1 amide bonds. The first kappa shape index (κ1) is 27.8. The number of carbonyl (C=O) groups excluding carboxylic acids is 1. The average molecular weight is 507 g/mol. The van der Waals surface area contributed by atoms with E-state index in [4.69, 9.17) is 4.74 Å². The summed E-state index contributed by atoms with van der Waals surface area (Å²) in [7, 11) is 0. The zero-order valence-corrected chi connectivity index (χ0v) is 21.4. The predicted octanol–water partition coefficient (Wildman–Crippen LogP) is 7.22. The average Bonchev–Trinajstić information content (AvgIpc) is 2.81. The Labute approximate surface area is 211 Å². The van der Waals surface area contributed by atoms with Crippen LogP contribution in [-0.2, 0) is 4.74 Å². The molecule has 3 rings (SSSR count). The third-order valence-corrected chi connectivity index (χ3v) is 6.61. The number of rotatable bonds is 7. The number of halogens is 3. The van der Waals surface area contributed by atoms with E-state index in [1.54, 1.807) is 39.8 Å². The van der Waals surface area contributed by atoms with Gasteiger partial charge in [-0.2, -0.15) is 13.2 Å². The minimum Gasteiger partial charge on any atom is -0.444 e. The smallest absolute Gasteiger partial charge is 0.414 e. The number of amides is 1. The van der Waals surface area contributed by atoms with Crippen LogP contribution < -0.4 is 10.2 Å². The third-order valence-electron chi connectivity index (χ3n) is 6.61. The number of anilines is 2. The number of aliphatic hydroxyl groups is 1. The SMILES string of the molecule is CCC(CC(O)C(F)(F)F)c1ccc(N2CCC(c3ccccc3)CC2)c(NC(=O)OC(C)(C)C)c1. The largest absolute Gasteiger partial charge is 0.444 e. The fraction of sp³-hybridized carbons (Fsp3) is 0.536. The lowest BCUT2D eigenvalue weighted by molar-refractivity contribution is -0.206. The lowest BCUT2D eigenvalue weighted by atomic mass is 9.88. The molecule has 0 saturated carbocycles. The Morgan fingerprint density at radius 2 is 1.75 bits per heavy atom. The van der Waals surface area contributed by atoms with Crippen molar-refractivity contribution in [1.82, 2.24) is 0 Å². The minimum atomic E-state index is -4.67. The maximum absolute atomic E-state index is 13.0. The van der Waals surface area contributed by atoms with Gasteiger partial charge in [0.1, 0.15) is 11.7 Å². The van der Waals surface area contributed by atoms with Crippen LogP contribution in [0.5, 0.6) is 0 Å². The Bertz CT molecular complexity index is 997.